The topological polar surface area (TPSA) is 85.2 Å². The van der Waals surface area contributed by atoms with Crippen LogP contribution in [0.2, 0.25) is 0 Å². The molecule has 0 bridgehead atoms. The number of rotatable bonds is 4. The molecule has 6 heteroatoms. The summed E-state index contributed by atoms with van der Waals surface area (Å²) in [5.41, 5.74) is 0.964. The zero-order chi connectivity index (χ0) is 16.9. The Balaban J connectivity index is 1.48. The predicted octanol–water partition coefficient (Wildman–Crippen LogP) is 0.889. The number of benzene rings is 1. The van der Waals surface area contributed by atoms with Gasteiger partial charge in [0.1, 0.15) is 0 Å². The van der Waals surface area contributed by atoms with Crippen molar-refractivity contribution in [1.82, 2.24) is 15.5 Å². The second-order valence-electron chi connectivity index (χ2n) is 6.50. The van der Waals surface area contributed by atoms with E-state index in [0.717, 1.165) is 38.9 Å². The maximum Gasteiger partial charge on any atom is 0.251 e. The van der Waals surface area contributed by atoms with Crippen LogP contribution >= 0.6 is 0 Å². The van der Waals surface area contributed by atoms with Crippen LogP contribution in [0.4, 0.5) is 0 Å². The molecular weight excluding hydrogens is 304 g/mol. The van der Waals surface area contributed by atoms with E-state index in [1.54, 1.807) is 24.3 Å². The summed E-state index contributed by atoms with van der Waals surface area (Å²) in [7, 11) is 0. The van der Waals surface area contributed by atoms with E-state index >= 15 is 0 Å². The molecule has 1 aromatic rings. The highest BCUT2D eigenvalue weighted by Crippen LogP contribution is 2.18. The molecule has 2 saturated heterocycles. The van der Waals surface area contributed by atoms with Gasteiger partial charge in [0.2, 0.25) is 5.91 Å². The first-order valence-corrected chi connectivity index (χ1v) is 8.48. The standard InChI is InChI=1S/C18H22N4O2/c19-10-13-4-3-5-15(8-13)17(23)21-12-14-9-16(20-11-14)18(24)22-6-1-2-7-22/h3-5,8,14,16,20H,1-2,6-7,9,11-12H2,(H,21,23). The van der Waals surface area contributed by atoms with Crippen LogP contribution in [0, 0.1) is 17.2 Å². The van der Waals surface area contributed by atoms with Crippen LogP contribution in [0.15, 0.2) is 24.3 Å². The highest BCUT2D eigenvalue weighted by molar-refractivity contribution is 5.94. The second kappa shape index (κ2) is 7.45. The number of carbonyl (C=O) groups is 2. The minimum Gasteiger partial charge on any atom is -0.352 e. The first-order chi connectivity index (χ1) is 11.7. The van der Waals surface area contributed by atoms with Crippen molar-refractivity contribution < 1.29 is 9.59 Å². The van der Waals surface area contributed by atoms with Gasteiger partial charge >= 0.3 is 0 Å². The molecule has 126 valence electrons. The molecule has 24 heavy (non-hydrogen) atoms. The van der Waals surface area contributed by atoms with Crippen LogP contribution in [-0.2, 0) is 4.79 Å². The molecule has 2 unspecified atom stereocenters. The van der Waals surface area contributed by atoms with Gasteiger partial charge in [0, 0.05) is 31.7 Å². The molecule has 2 aliphatic rings. The summed E-state index contributed by atoms with van der Waals surface area (Å²) in [6, 6.07) is 8.57. The number of likely N-dealkylation sites (tertiary alicyclic amines) is 1. The van der Waals surface area contributed by atoms with Gasteiger partial charge in [0.25, 0.3) is 5.91 Å². The van der Waals surface area contributed by atoms with Crippen molar-refractivity contribution >= 4 is 11.8 Å². The van der Waals surface area contributed by atoms with Gasteiger partial charge < -0.3 is 15.5 Å². The number of amides is 2. The Morgan fingerprint density at radius 1 is 1.33 bits per heavy atom. The molecule has 0 radical (unpaired) electrons. The third-order valence-electron chi connectivity index (χ3n) is 4.74. The third kappa shape index (κ3) is 3.74. The molecule has 2 amide bonds. The van der Waals surface area contributed by atoms with E-state index in [1.165, 1.54) is 0 Å². The highest BCUT2D eigenvalue weighted by atomic mass is 16.2. The maximum absolute atomic E-state index is 12.4. The summed E-state index contributed by atoms with van der Waals surface area (Å²) in [4.78, 5) is 26.5. The molecule has 2 atom stereocenters. The van der Waals surface area contributed by atoms with Crippen molar-refractivity contribution in [2.75, 3.05) is 26.2 Å². The number of carbonyl (C=O) groups excluding carboxylic acids is 2. The van der Waals surface area contributed by atoms with Gasteiger partial charge in [-0.25, -0.2) is 0 Å². The number of hydrogen-bond acceptors (Lipinski definition) is 4. The molecule has 0 aromatic heterocycles. The largest absolute Gasteiger partial charge is 0.352 e. The van der Waals surface area contributed by atoms with Crippen LogP contribution in [0.25, 0.3) is 0 Å². The Labute approximate surface area is 141 Å². The zero-order valence-corrected chi connectivity index (χ0v) is 13.6. The molecule has 1 aromatic carbocycles. The van der Waals surface area contributed by atoms with Crippen molar-refractivity contribution in [3.63, 3.8) is 0 Å². The first-order valence-electron chi connectivity index (χ1n) is 8.48. The SMILES string of the molecule is N#Cc1cccc(C(=O)NCC2CNC(C(=O)N3CCCC3)C2)c1. The van der Waals surface area contributed by atoms with E-state index < -0.39 is 0 Å². The van der Waals surface area contributed by atoms with Gasteiger partial charge in [-0.2, -0.15) is 5.26 Å². The number of hydrogen-bond donors (Lipinski definition) is 2. The fourth-order valence-corrected chi connectivity index (χ4v) is 3.38. The Hall–Kier alpha value is -2.39. The van der Waals surface area contributed by atoms with Crippen molar-refractivity contribution in [2.24, 2.45) is 5.92 Å². The van der Waals surface area contributed by atoms with Crippen molar-refractivity contribution in [2.45, 2.75) is 25.3 Å². The van der Waals surface area contributed by atoms with Crippen LogP contribution < -0.4 is 10.6 Å². The Morgan fingerprint density at radius 3 is 2.88 bits per heavy atom. The monoisotopic (exact) mass is 326 g/mol. The molecule has 0 spiro atoms. The summed E-state index contributed by atoms with van der Waals surface area (Å²) < 4.78 is 0. The van der Waals surface area contributed by atoms with E-state index in [-0.39, 0.29) is 23.8 Å². The molecule has 0 saturated carbocycles. The quantitative estimate of drug-likeness (QED) is 0.860. The van der Waals surface area contributed by atoms with E-state index in [1.807, 2.05) is 11.0 Å². The van der Waals surface area contributed by atoms with Crippen molar-refractivity contribution in [1.29, 1.82) is 5.26 Å². The molecule has 2 heterocycles. The van der Waals surface area contributed by atoms with Crippen LogP contribution in [0.5, 0.6) is 0 Å². The molecule has 2 aliphatic heterocycles. The van der Waals surface area contributed by atoms with E-state index in [0.29, 0.717) is 17.7 Å². The van der Waals surface area contributed by atoms with E-state index in [4.69, 9.17) is 5.26 Å². The number of nitrogens with zero attached hydrogens (tertiary/aromatic N) is 2. The summed E-state index contributed by atoms with van der Waals surface area (Å²) in [5.74, 6) is 0.272. The third-order valence-corrected chi connectivity index (χ3v) is 4.74. The Bertz CT molecular complexity index is 661. The molecule has 2 N–H and O–H groups in total. The minimum absolute atomic E-state index is 0.119. The fraction of sp³-hybridized carbons (Fsp3) is 0.500. The lowest BCUT2D eigenvalue weighted by atomic mass is 10.0. The van der Waals surface area contributed by atoms with Gasteiger partial charge in [-0.1, -0.05) is 6.07 Å². The molecule has 0 aliphatic carbocycles. The lowest BCUT2D eigenvalue weighted by molar-refractivity contribution is -0.132. The van der Waals surface area contributed by atoms with Crippen LogP contribution in [0.3, 0.4) is 0 Å². The lowest BCUT2D eigenvalue weighted by Crippen LogP contribution is -2.42. The lowest BCUT2D eigenvalue weighted by Gasteiger charge is -2.20. The second-order valence-corrected chi connectivity index (χ2v) is 6.50. The maximum atomic E-state index is 12.4. The molecule has 2 fully saturated rings. The zero-order valence-electron chi connectivity index (χ0n) is 13.6. The van der Waals surface area contributed by atoms with Gasteiger partial charge in [-0.3, -0.25) is 9.59 Å². The Kier molecular flexibility index (Phi) is 5.11. The number of nitriles is 1. The van der Waals surface area contributed by atoms with Crippen molar-refractivity contribution in [3.05, 3.63) is 35.4 Å². The normalized spacial score (nSPS) is 23.0. The average Bonchev–Trinajstić information content (AvgIpc) is 3.31. The summed E-state index contributed by atoms with van der Waals surface area (Å²) in [5, 5.41) is 15.1. The van der Waals surface area contributed by atoms with Crippen LogP contribution in [-0.4, -0.2) is 48.9 Å². The van der Waals surface area contributed by atoms with E-state index in [2.05, 4.69) is 10.6 Å². The van der Waals surface area contributed by atoms with Crippen molar-refractivity contribution in [3.8, 4) is 6.07 Å². The van der Waals surface area contributed by atoms with Gasteiger partial charge in [-0.05, 0) is 43.4 Å². The first kappa shape index (κ1) is 16.5. The van der Waals surface area contributed by atoms with Gasteiger partial charge in [0.05, 0.1) is 17.7 Å². The minimum atomic E-state index is -0.179. The average molecular weight is 326 g/mol. The molecule has 6 nitrogen and oxygen atoms in total. The van der Waals surface area contributed by atoms with Gasteiger partial charge in [-0.15, -0.1) is 0 Å². The smallest absolute Gasteiger partial charge is 0.251 e. The van der Waals surface area contributed by atoms with Crippen LogP contribution in [0.1, 0.15) is 35.2 Å². The molecule has 3 rings (SSSR count). The number of nitrogens with one attached hydrogen (secondary N) is 2. The summed E-state index contributed by atoms with van der Waals surface area (Å²) >= 11 is 0. The molecular formula is C18H22N4O2. The highest BCUT2D eigenvalue weighted by Gasteiger charge is 2.33. The fourth-order valence-electron chi connectivity index (χ4n) is 3.38. The van der Waals surface area contributed by atoms with Gasteiger partial charge in [0.15, 0.2) is 0 Å². The Morgan fingerprint density at radius 2 is 2.12 bits per heavy atom. The predicted molar refractivity (Wildman–Crippen MR) is 89.2 cm³/mol. The summed E-state index contributed by atoms with van der Waals surface area (Å²) in [6.45, 7) is 3.01. The van der Waals surface area contributed by atoms with E-state index in [9.17, 15) is 9.59 Å². The summed E-state index contributed by atoms with van der Waals surface area (Å²) in [6.07, 6.45) is 2.95.